The smallest absolute Gasteiger partial charge is 0.119 e. The molecule has 1 aliphatic carbocycles. The molecule has 1 aromatic carbocycles. The highest BCUT2D eigenvalue weighted by Gasteiger charge is 2.33. The summed E-state index contributed by atoms with van der Waals surface area (Å²) in [4.78, 5) is 0. The molecular formula is C15H23NO. The molecule has 0 amide bonds. The van der Waals surface area contributed by atoms with Crippen LogP contribution in [0.25, 0.3) is 0 Å². The molecule has 0 aliphatic heterocycles. The Balaban J connectivity index is 1.92. The molecule has 1 N–H and O–H groups in total. The minimum absolute atomic E-state index is 0.240. The van der Waals surface area contributed by atoms with Crippen LogP contribution in [0.15, 0.2) is 24.3 Å². The lowest BCUT2D eigenvalue weighted by atomic mass is 10.1. The Labute approximate surface area is 104 Å². The highest BCUT2D eigenvalue weighted by atomic mass is 16.5. The van der Waals surface area contributed by atoms with E-state index in [1.165, 1.54) is 12.0 Å². The van der Waals surface area contributed by atoms with Crippen molar-refractivity contribution in [1.82, 2.24) is 5.32 Å². The van der Waals surface area contributed by atoms with Gasteiger partial charge in [-0.3, -0.25) is 0 Å². The third-order valence-corrected chi connectivity index (χ3v) is 3.33. The van der Waals surface area contributed by atoms with Gasteiger partial charge in [0.25, 0.3) is 0 Å². The van der Waals surface area contributed by atoms with Crippen molar-refractivity contribution in [3.05, 3.63) is 29.8 Å². The fraction of sp³-hybridized carbons (Fsp3) is 0.600. The fourth-order valence-corrected chi connectivity index (χ4v) is 2.08. The molecule has 17 heavy (non-hydrogen) atoms. The van der Waals surface area contributed by atoms with Crippen LogP contribution in [0.3, 0.4) is 0 Å². The molecule has 0 spiro atoms. The van der Waals surface area contributed by atoms with Crippen molar-refractivity contribution in [3.8, 4) is 5.75 Å². The van der Waals surface area contributed by atoms with E-state index in [9.17, 15) is 0 Å². The Morgan fingerprint density at radius 2 is 1.76 bits per heavy atom. The molecular weight excluding hydrogens is 210 g/mol. The van der Waals surface area contributed by atoms with Crippen molar-refractivity contribution in [1.29, 1.82) is 0 Å². The summed E-state index contributed by atoms with van der Waals surface area (Å²) in [5.41, 5.74) is 1.33. The molecule has 0 heterocycles. The molecule has 1 aliphatic rings. The molecule has 2 heteroatoms. The van der Waals surface area contributed by atoms with E-state index in [-0.39, 0.29) is 6.10 Å². The summed E-state index contributed by atoms with van der Waals surface area (Å²) in [5, 5.41) is 3.64. The van der Waals surface area contributed by atoms with Gasteiger partial charge in [0.2, 0.25) is 0 Å². The van der Waals surface area contributed by atoms with Crippen LogP contribution in [0.5, 0.6) is 5.75 Å². The topological polar surface area (TPSA) is 21.3 Å². The summed E-state index contributed by atoms with van der Waals surface area (Å²) in [6.07, 6.45) is 1.56. The molecule has 94 valence electrons. The zero-order valence-electron chi connectivity index (χ0n) is 11.2. The first-order chi connectivity index (χ1) is 8.06. The van der Waals surface area contributed by atoms with Crippen LogP contribution < -0.4 is 10.1 Å². The molecule has 2 nitrogen and oxygen atoms in total. The van der Waals surface area contributed by atoms with Gasteiger partial charge in [-0.2, -0.15) is 0 Å². The summed E-state index contributed by atoms with van der Waals surface area (Å²) in [5.74, 6) is 1.80. The van der Waals surface area contributed by atoms with Crippen molar-refractivity contribution in [2.45, 2.75) is 52.3 Å². The predicted octanol–water partition coefficient (Wildman–Crippen LogP) is 3.53. The van der Waals surface area contributed by atoms with E-state index in [4.69, 9.17) is 4.74 Å². The Hall–Kier alpha value is -1.02. The monoisotopic (exact) mass is 233 g/mol. The summed E-state index contributed by atoms with van der Waals surface area (Å²) in [6, 6.07) is 9.58. The minimum Gasteiger partial charge on any atom is -0.491 e. The standard InChI is InChI=1S/C15H23NO/c1-10(2)17-14-7-5-13(6-8-14)12(4)16-15-9-11(15)3/h5-8,10-12,15-16H,9H2,1-4H3. The molecule has 0 saturated heterocycles. The van der Waals surface area contributed by atoms with Crippen LogP contribution in [0.2, 0.25) is 0 Å². The molecule has 0 radical (unpaired) electrons. The van der Waals surface area contributed by atoms with Gasteiger partial charge in [0.05, 0.1) is 6.10 Å². The quantitative estimate of drug-likeness (QED) is 0.840. The fourth-order valence-electron chi connectivity index (χ4n) is 2.08. The van der Waals surface area contributed by atoms with Crippen LogP contribution in [-0.4, -0.2) is 12.1 Å². The molecule has 1 aromatic rings. The molecule has 1 fully saturated rings. The second-order valence-corrected chi connectivity index (χ2v) is 5.44. The van der Waals surface area contributed by atoms with E-state index in [0.29, 0.717) is 6.04 Å². The van der Waals surface area contributed by atoms with E-state index in [1.54, 1.807) is 0 Å². The second kappa shape index (κ2) is 5.09. The lowest BCUT2D eigenvalue weighted by Crippen LogP contribution is -2.21. The molecule has 3 unspecified atom stereocenters. The van der Waals surface area contributed by atoms with E-state index < -0.39 is 0 Å². The molecule has 0 aromatic heterocycles. The van der Waals surface area contributed by atoms with Gasteiger partial charge in [0.1, 0.15) is 5.75 Å². The Bertz CT molecular complexity index is 358. The Morgan fingerprint density at radius 1 is 1.18 bits per heavy atom. The summed E-state index contributed by atoms with van der Waals surface area (Å²) >= 11 is 0. The maximum Gasteiger partial charge on any atom is 0.119 e. The van der Waals surface area contributed by atoms with Gasteiger partial charge < -0.3 is 10.1 Å². The highest BCUT2D eigenvalue weighted by molar-refractivity contribution is 5.29. The van der Waals surface area contributed by atoms with Gasteiger partial charge in [0, 0.05) is 12.1 Å². The molecule has 0 bridgehead atoms. The number of hydrogen-bond donors (Lipinski definition) is 1. The summed E-state index contributed by atoms with van der Waals surface area (Å²) < 4.78 is 5.64. The molecule has 3 atom stereocenters. The van der Waals surface area contributed by atoms with E-state index in [2.05, 4.69) is 43.4 Å². The number of benzene rings is 1. The zero-order valence-corrected chi connectivity index (χ0v) is 11.2. The number of hydrogen-bond acceptors (Lipinski definition) is 2. The first kappa shape index (κ1) is 12.4. The minimum atomic E-state index is 0.240. The molecule has 1 saturated carbocycles. The first-order valence-electron chi connectivity index (χ1n) is 6.59. The number of ether oxygens (including phenoxy) is 1. The second-order valence-electron chi connectivity index (χ2n) is 5.44. The highest BCUT2D eigenvalue weighted by Crippen LogP contribution is 2.31. The van der Waals surface area contributed by atoms with Crippen molar-refractivity contribution in [3.63, 3.8) is 0 Å². The third-order valence-electron chi connectivity index (χ3n) is 3.33. The van der Waals surface area contributed by atoms with Crippen LogP contribution in [0.1, 0.15) is 45.7 Å². The predicted molar refractivity (Wildman–Crippen MR) is 71.3 cm³/mol. The van der Waals surface area contributed by atoms with Crippen LogP contribution in [0.4, 0.5) is 0 Å². The SMILES string of the molecule is CC(C)Oc1ccc(C(C)NC2CC2C)cc1. The zero-order chi connectivity index (χ0) is 12.4. The van der Waals surface area contributed by atoms with E-state index in [1.807, 2.05) is 13.8 Å². The van der Waals surface area contributed by atoms with Crippen molar-refractivity contribution >= 4 is 0 Å². The van der Waals surface area contributed by atoms with Crippen LogP contribution in [0, 0.1) is 5.92 Å². The summed E-state index contributed by atoms with van der Waals surface area (Å²) in [6.45, 7) is 8.62. The number of nitrogens with one attached hydrogen (secondary N) is 1. The van der Waals surface area contributed by atoms with Crippen molar-refractivity contribution < 1.29 is 4.74 Å². The maximum atomic E-state index is 5.64. The first-order valence-corrected chi connectivity index (χ1v) is 6.59. The van der Waals surface area contributed by atoms with Crippen LogP contribution in [-0.2, 0) is 0 Å². The maximum absolute atomic E-state index is 5.64. The van der Waals surface area contributed by atoms with Gasteiger partial charge in [-0.25, -0.2) is 0 Å². The lowest BCUT2D eigenvalue weighted by molar-refractivity contribution is 0.242. The summed E-state index contributed by atoms with van der Waals surface area (Å²) in [7, 11) is 0. The lowest BCUT2D eigenvalue weighted by Gasteiger charge is -2.15. The Kier molecular flexibility index (Phi) is 3.72. The van der Waals surface area contributed by atoms with Crippen molar-refractivity contribution in [2.75, 3.05) is 0 Å². The average Bonchev–Trinajstić information content (AvgIpc) is 2.94. The number of rotatable bonds is 5. The van der Waals surface area contributed by atoms with Gasteiger partial charge in [0.15, 0.2) is 0 Å². The average molecular weight is 233 g/mol. The van der Waals surface area contributed by atoms with Crippen LogP contribution >= 0.6 is 0 Å². The van der Waals surface area contributed by atoms with Gasteiger partial charge >= 0.3 is 0 Å². The van der Waals surface area contributed by atoms with Crippen molar-refractivity contribution in [2.24, 2.45) is 5.92 Å². The Morgan fingerprint density at radius 3 is 2.24 bits per heavy atom. The third kappa shape index (κ3) is 3.47. The van der Waals surface area contributed by atoms with E-state index in [0.717, 1.165) is 17.7 Å². The molecule has 2 rings (SSSR count). The van der Waals surface area contributed by atoms with E-state index >= 15 is 0 Å². The van der Waals surface area contributed by atoms with Gasteiger partial charge in [-0.15, -0.1) is 0 Å². The largest absolute Gasteiger partial charge is 0.491 e. The van der Waals surface area contributed by atoms with Gasteiger partial charge in [-0.05, 0) is 50.8 Å². The normalized spacial score (nSPS) is 24.8. The van der Waals surface area contributed by atoms with Gasteiger partial charge in [-0.1, -0.05) is 19.1 Å².